The fraction of sp³-hybridized carbons (Fsp3) is 0.455. The fourth-order valence-corrected chi connectivity index (χ4v) is 3.62. The van der Waals surface area contributed by atoms with E-state index in [-0.39, 0.29) is 0 Å². The first-order valence-corrected chi connectivity index (χ1v) is 9.40. The molecule has 2 aromatic rings. The lowest BCUT2D eigenvalue weighted by Gasteiger charge is -2.22. The number of nitrogens with zero attached hydrogens (tertiary/aromatic N) is 1. The van der Waals surface area contributed by atoms with Crippen LogP contribution in [0.5, 0.6) is 11.5 Å². The molecular weight excluding hydrogens is 326 g/mol. The van der Waals surface area contributed by atoms with Gasteiger partial charge in [-0.2, -0.15) is 0 Å². The molecule has 0 saturated heterocycles. The molecule has 1 aliphatic rings. The maximum atomic E-state index is 10.6. The van der Waals surface area contributed by atoms with E-state index in [9.17, 15) is 5.11 Å². The molecule has 4 nitrogen and oxygen atoms in total. The topological polar surface area (TPSA) is 41.9 Å². The van der Waals surface area contributed by atoms with Crippen LogP contribution in [0.15, 0.2) is 42.5 Å². The van der Waals surface area contributed by atoms with Gasteiger partial charge < -0.3 is 19.5 Å². The summed E-state index contributed by atoms with van der Waals surface area (Å²) in [6, 6.07) is 14.3. The van der Waals surface area contributed by atoms with Crippen LogP contribution >= 0.6 is 0 Å². The van der Waals surface area contributed by atoms with Gasteiger partial charge in [0.15, 0.2) is 0 Å². The highest BCUT2D eigenvalue weighted by Crippen LogP contribution is 2.27. The largest absolute Gasteiger partial charge is 0.497 e. The average molecular weight is 355 g/mol. The predicted octanol–water partition coefficient (Wildman–Crippen LogP) is 3.62. The van der Waals surface area contributed by atoms with Crippen LogP contribution in [0.2, 0.25) is 0 Å². The fourth-order valence-electron chi connectivity index (χ4n) is 3.62. The minimum atomic E-state index is -0.417. The Bertz CT molecular complexity index is 699. The number of ether oxygens (including phenoxy) is 2. The monoisotopic (exact) mass is 355 g/mol. The molecule has 0 spiro atoms. The Labute approximate surface area is 156 Å². The maximum Gasteiger partial charge on any atom is 0.119 e. The van der Waals surface area contributed by atoms with Gasteiger partial charge in [0.05, 0.1) is 20.3 Å². The van der Waals surface area contributed by atoms with Gasteiger partial charge in [-0.25, -0.2) is 0 Å². The van der Waals surface area contributed by atoms with Gasteiger partial charge in [-0.1, -0.05) is 18.2 Å². The Hall–Kier alpha value is -2.04. The minimum Gasteiger partial charge on any atom is -0.497 e. The molecule has 1 heterocycles. The Morgan fingerprint density at radius 3 is 2.46 bits per heavy atom. The number of aryl methyl sites for hydroxylation is 1. The van der Waals surface area contributed by atoms with E-state index in [0.717, 1.165) is 55.8 Å². The lowest BCUT2D eigenvalue weighted by molar-refractivity contribution is 0.119. The van der Waals surface area contributed by atoms with Crippen molar-refractivity contribution in [1.29, 1.82) is 0 Å². The van der Waals surface area contributed by atoms with Crippen molar-refractivity contribution in [3.8, 4) is 11.5 Å². The molecule has 0 bridgehead atoms. The van der Waals surface area contributed by atoms with Gasteiger partial charge in [-0.15, -0.1) is 0 Å². The summed E-state index contributed by atoms with van der Waals surface area (Å²) in [4.78, 5) is 2.38. The van der Waals surface area contributed by atoms with Crippen LogP contribution in [0.3, 0.4) is 0 Å². The predicted molar refractivity (Wildman–Crippen MR) is 104 cm³/mol. The molecule has 0 radical (unpaired) electrons. The highest BCUT2D eigenvalue weighted by atomic mass is 16.5. The van der Waals surface area contributed by atoms with Gasteiger partial charge in [0.2, 0.25) is 0 Å². The van der Waals surface area contributed by atoms with Gasteiger partial charge in [-0.05, 0) is 73.2 Å². The summed E-state index contributed by atoms with van der Waals surface area (Å²) < 4.78 is 10.5. The van der Waals surface area contributed by atoms with E-state index >= 15 is 0 Å². The van der Waals surface area contributed by atoms with Crippen molar-refractivity contribution in [2.24, 2.45) is 0 Å². The smallest absolute Gasteiger partial charge is 0.119 e. The number of β-amino-alcohol motifs (C(OH)–C–C–N with tert-alkyl or cyclic N) is 1. The highest BCUT2D eigenvalue weighted by Gasteiger charge is 2.21. The number of hydrogen-bond donors (Lipinski definition) is 1. The summed E-state index contributed by atoms with van der Waals surface area (Å²) >= 11 is 0. The molecule has 0 aromatic heterocycles. The third-order valence-corrected chi connectivity index (χ3v) is 5.19. The van der Waals surface area contributed by atoms with E-state index in [1.807, 2.05) is 24.3 Å². The lowest BCUT2D eigenvalue weighted by Crippen LogP contribution is -2.29. The second-order valence-corrected chi connectivity index (χ2v) is 6.94. The zero-order chi connectivity index (χ0) is 18.4. The van der Waals surface area contributed by atoms with Crippen LogP contribution in [-0.2, 0) is 12.8 Å². The van der Waals surface area contributed by atoms with Crippen molar-refractivity contribution in [3.05, 3.63) is 59.2 Å². The molecule has 2 aromatic carbocycles. The first-order chi connectivity index (χ1) is 12.7. The van der Waals surface area contributed by atoms with E-state index in [1.54, 1.807) is 14.2 Å². The molecule has 140 valence electrons. The number of aliphatic hydroxyl groups excluding tert-OH is 1. The van der Waals surface area contributed by atoms with Gasteiger partial charge in [-0.3, -0.25) is 0 Å². The summed E-state index contributed by atoms with van der Waals surface area (Å²) in [5.41, 5.74) is 3.60. The van der Waals surface area contributed by atoms with E-state index < -0.39 is 6.10 Å². The average Bonchev–Trinajstić information content (AvgIpc) is 2.84. The number of benzene rings is 2. The normalized spacial score (nSPS) is 17.4. The quantitative estimate of drug-likeness (QED) is 0.771. The summed E-state index contributed by atoms with van der Waals surface area (Å²) in [7, 11) is 3.38. The third-order valence-electron chi connectivity index (χ3n) is 5.19. The summed E-state index contributed by atoms with van der Waals surface area (Å²) in [6.07, 6.45) is 3.91. The number of unbranched alkanes of at least 4 members (excludes halogenated alkanes) is 1. The van der Waals surface area contributed by atoms with Crippen LogP contribution in [-0.4, -0.2) is 43.9 Å². The van der Waals surface area contributed by atoms with Crippen LogP contribution in [0.25, 0.3) is 0 Å². The molecule has 0 aliphatic carbocycles. The first-order valence-electron chi connectivity index (χ1n) is 9.40. The minimum absolute atomic E-state index is 0.417. The van der Waals surface area contributed by atoms with Crippen molar-refractivity contribution in [1.82, 2.24) is 4.90 Å². The van der Waals surface area contributed by atoms with Gasteiger partial charge >= 0.3 is 0 Å². The maximum absolute atomic E-state index is 10.6. The molecule has 1 atom stereocenters. The number of fused-ring (bicyclic) bond motifs is 1. The number of rotatable bonds is 7. The molecular formula is C22H29NO3. The van der Waals surface area contributed by atoms with Gasteiger partial charge in [0.25, 0.3) is 0 Å². The standard InChI is InChI=1S/C22H29NO3/c1-25-19-8-6-17(7-9-19)5-3-4-13-23-14-12-18-15-20(26-2)10-11-21(18)22(24)16-23/h6-11,15,22,24H,3-5,12-14,16H2,1-2H3. The number of aliphatic hydroxyl groups is 1. The Morgan fingerprint density at radius 2 is 1.73 bits per heavy atom. The Kier molecular flexibility index (Phi) is 6.53. The SMILES string of the molecule is COc1ccc(CCCCN2CCc3cc(OC)ccc3C(O)C2)cc1. The van der Waals surface area contributed by atoms with Crippen molar-refractivity contribution in [2.75, 3.05) is 33.9 Å². The van der Waals surface area contributed by atoms with Crippen molar-refractivity contribution >= 4 is 0 Å². The molecule has 1 N–H and O–H groups in total. The Morgan fingerprint density at radius 1 is 1.00 bits per heavy atom. The van der Waals surface area contributed by atoms with Gasteiger partial charge in [0.1, 0.15) is 11.5 Å². The van der Waals surface area contributed by atoms with Crippen LogP contribution in [0.4, 0.5) is 0 Å². The summed E-state index contributed by atoms with van der Waals surface area (Å²) in [5, 5.41) is 10.6. The molecule has 0 fully saturated rings. The van der Waals surface area contributed by atoms with Crippen molar-refractivity contribution in [2.45, 2.75) is 31.8 Å². The molecule has 1 unspecified atom stereocenters. The molecule has 0 saturated carbocycles. The highest BCUT2D eigenvalue weighted by molar-refractivity contribution is 5.38. The second-order valence-electron chi connectivity index (χ2n) is 6.94. The van der Waals surface area contributed by atoms with Crippen LogP contribution in [0.1, 0.15) is 35.6 Å². The van der Waals surface area contributed by atoms with Crippen molar-refractivity contribution < 1.29 is 14.6 Å². The summed E-state index contributed by atoms with van der Waals surface area (Å²) in [5.74, 6) is 1.77. The van der Waals surface area contributed by atoms with E-state index in [0.29, 0.717) is 6.54 Å². The van der Waals surface area contributed by atoms with Gasteiger partial charge in [0, 0.05) is 13.1 Å². The molecule has 0 amide bonds. The van der Waals surface area contributed by atoms with Crippen molar-refractivity contribution in [3.63, 3.8) is 0 Å². The van der Waals surface area contributed by atoms with Crippen LogP contribution in [0, 0.1) is 0 Å². The molecule has 26 heavy (non-hydrogen) atoms. The first kappa shape index (κ1) is 18.7. The Balaban J connectivity index is 1.47. The summed E-state index contributed by atoms with van der Waals surface area (Å²) in [6.45, 7) is 2.72. The molecule has 4 heteroatoms. The molecule has 3 rings (SSSR count). The van der Waals surface area contributed by atoms with E-state index in [1.165, 1.54) is 11.1 Å². The van der Waals surface area contributed by atoms with Crippen LogP contribution < -0.4 is 9.47 Å². The molecule has 1 aliphatic heterocycles. The number of methoxy groups -OCH3 is 2. The zero-order valence-corrected chi connectivity index (χ0v) is 15.8. The lowest BCUT2D eigenvalue weighted by atomic mass is 10.0. The third kappa shape index (κ3) is 4.77. The van der Waals surface area contributed by atoms with E-state index in [4.69, 9.17) is 9.47 Å². The second kappa shape index (κ2) is 9.06. The zero-order valence-electron chi connectivity index (χ0n) is 15.8. The number of hydrogen-bond acceptors (Lipinski definition) is 4. The van der Waals surface area contributed by atoms with E-state index in [2.05, 4.69) is 23.1 Å².